The SMILES string of the molecule is CC(C)Cn1c(SCC(=O)Nc2ccc(Cl)c(C(F)(F)F)c2)nc2ccccc2c1=O. The molecule has 164 valence electrons. The number of para-hydroxylation sites is 1. The summed E-state index contributed by atoms with van der Waals surface area (Å²) >= 11 is 6.65. The predicted octanol–water partition coefficient (Wildman–Crippen LogP) is 5.46. The molecule has 3 aromatic rings. The van der Waals surface area contributed by atoms with Crippen molar-refractivity contribution < 1.29 is 18.0 Å². The molecule has 0 bridgehead atoms. The number of benzene rings is 2. The number of nitrogens with zero attached hydrogens (tertiary/aromatic N) is 2. The molecule has 0 aliphatic rings. The summed E-state index contributed by atoms with van der Waals surface area (Å²) in [5, 5.41) is 2.84. The number of thioether (sulfide) groups is 1. The number of hydrogen-bond donors (Lipinski definition) is 1. The average Bonchev–Trinajstić information content (AvgIpc) is 2.69. The first-order chi connectivity index (χ1) is 14.6. The Hall–Kier alpha value is -2.52. The van der Waals surface area contributed by atoms with Crippen molar-refractivity contribution in [3.8, 4) is 0 Å². The van der Waals surface area contributed by atoms with Crippen molar-refractivity contribution in [2.24, 2.45) is 5.92 Å². The van der Waals surface area contributed by atoms with Gasteiger partial charge in [-0.25, -0.2) is 4.98 Å². The van der Waals surface area contributed by atoms with Gasteiger partial charge in [-0.05, 0) is 36.2 Å². The molecule has 10 heteroatoms. The van der Waals surface area contributed by atoms with Crippen LogP contribution in [-0.4, -0.2) is 21.2 Å². The number of carbonyl (C=O) groups excluding carboxylic acids is 1. The zero-order valence-electron chi connectivity index (χ0n) is 16.7. The molecule has 0 aliphatic heterocycles. The minimum atomic E-state index is -4.63. The third-order valence-electron chi connectivity index (χ3n) is 4.26. The number of halogens is 4. The number of carbonyl (C=O) groups is 1. The fraction of sp³-hybridized carbons (Fsp3) is 0.286. The summed E-state index contributed by atoms with van der Waals surface area (Å²) in [6.45, 7) is 4.34. The smallest absolute Gasteiger partial charge is 0.325 e. The van der Waals surface area contributed by atoms with Crippen LogP contribution >= 0.6 is 23.4 Å². The zero-order chi connectivity index (χ0) is 22.8. The lowest BCUT2D eigenvalue weighted by atomic mass is 10.2. The van der Waals surface area contributed by atoms with Gasteiger partial charge in [0.2, 0.25) is 5.91 Å². The quantitative estimate of drug-likeness (QED) is 0.385. The molecule has 3 rings (SSSR count). The van der Waals surface area contributed by atoms with Gasteiger partial charge in [-0.1, -0.05) is 49.3 Å². The lowest BCUT2D eigenvalue weighted by Gasteiger charge is -2.15. The molecule has 0 saturated carbocycles. The van der Waals surface area contributed by atoms with E-state index in [2.05, 4.69) is 10.3 Å². The Bertz CT molecular complexity index is 1180. The Morgan fingerprint density at radius 2 is 1.94 bits per heavy atom. The summed E-state index contributed by atoms with van der Waals surface area (Å²) in [5.74, 6) is -0.491. The van der Waals surface area contributed by atoms with E-state index in [1.54, 1.807) is 24.3 Å². The van der Waals surface area contributed by atoms with Crippen molar-refractivity contribution in [2.45, 2.75) is 31.7 Å². The van der Waals surface area contributed by atoms with Crippen LogP contribution in [0, 0.1) is 5.92 Å². The van der Waals surface area contributed by atoms with Gasteiger partial charge < -0.3 is 5.32 Å². The molecule has 1 heterocycles. The lowest BCUT2D eigenvalue weighted by Crippen LogP contribution is -2.26. The van der Waals surface area contributed by atoms with Crippen LogP contribution in [0.4, 0.5) is 18.9 Å². The van der Waals surface area contributed by atoms with Crippen molar-refractivity contribution in [1.29, 1.82) is 0 Å². The van der Waals surface area contributed by atoms with Crippen LogP contribution in [0.25, 0.3) is 10.9 Å². The van der Waals surface area contributed by atoms with Gasteiger partial charge in [0.15, 0.2) is 5.16 Å². The van der Waals surface area contributed by atoms with Crippen LogP contribution in [-0.2, 0) is 17.5 Å². The number of anilines is 1. The lowest BCUT2D eigenvalue weighted by molar-refractivity contribution is -0.137. The fourth-order valence-corrected chi connectivity index (χ4v) is 3.96. The second-order valence-corrected chi connectivity index (χ2v) is 8.60. The number of amides is 1. The van der Waals surface area contributed by atoms with Gasteiger partial charge in [0, 0.05) is 12.2 Å². The van der Waals surface area contributed by atoms with Gasteiger partial charge in [-0.3, -0.25) is 14.2 Å². The number of hydrogen-bond acceptors (Lipinski definition) is 4. The van der Waals surface area contributed by atoms with Crippen LogP contribution in [0.15, 0.2) is 52.4 Å². The number of nitrogens with one attached hydrogen (secondary N) is 1. The maximum atomic E-state index is 13.0. The van der Waals surface area contributed by atoms with E-state index in [1.807, 2.05) is 13.8 Å². The van der Waals surface area contributed by atoms with E-state index in [0.29, 0.717) is 22.6 Å². The summed E-state index contributed by atoms with van der Waals surface area (Å²) in [4.78, 5) is 29.7. The van der Waals surface area contributed by atoms with Gasteiger partial charge >= 0.3 is 6.18 Å². The van der Waals surface area contributed by atoms with Crippen molar-refractivity contribution in [3.05, 3.63) is 63.4 Å². The van der Waals surface area contributed by atoms with Gasteiger partial charge in [0.05, 0.1) is 27.2 Å². The molecule has 1 aromatic heterocycles. The van der Waals surface area contributed by atoms with E-state index >= 15 is 0 Å². The molecule has 0 saturated heterocycles. The maximum Gasteiger partial charge on any atom is 0.417 e. The Kier molecular flexibility index (Phi) is 6.96. The molecule has 31 heavy (non-hydrogen) atoms. The Labute approximate surface area is 185 Å². The van der Waals surface area contributed by atoms with E-state index in [-0.39, 0.29) is 22.9 Å². The van der Waals surface area contributed by atoms with Crippen LogP contribution in [0.5, 0.6) is 0 Å². The molecule has 2 aromatic carbocycles. The topological polar surface area (TPSA) is 64.0 Å². The van der Waals surface area contributed by atoms with E-state index in [4.69, 9.17) is 11.6 Å². The van der Waals surface area contributed by atoms with Crippen molar-refractivity contribution in [2.75, 3.05) is 11.1 Å². The largest absolute Gasteiger partial charge is 0.417 e. The number of aromatic nitrogens is 2. The fourth-order valence-electron chi connectivity index (χ4n) is 2.93. The monoisotopic (exact) mass is 469 g/mol. The first kappa shape index (κ1) is 23.1. The molecule has 0 radical (unpaired) electrons. The van der Waals surface area contributed by atoms with Crippen LogP contribution in [0.3, 0.4) is 0 Å². The number of alkyl halides is 3. The third-order valence-corrected chi connectivity index (χ3v) is 5.57. The summed E-state index contributed by atoms with van der Waals surface area (Å²) in [6.07, 6.45) is -4.63. The Balaban J connectivity index is 1.81. The Morgan fingerprint density at radius 3 is 2.61 bits per heavy atom. The van der Waals surface area contributed by atoms with Crippen LogP contribution < -0.4 is 10.9 Å². The minimum absolute atomic E-state index is 0.0200. The molecule has 5 nitrogen and oxygen atoms in total. The molecular formula is C21H19ClF3N3O2S. The van der Waals surface area contributed by atoms with Crippen LogP contribution in [0.1, 0.15) is 19.4 Å². The summed E-state index contributed by atoms with van der Waals surface area (Å²) in [6, 6.07) is 10.1. The van der Waals surface area contributed by atoms with Crippen molar-refractivity contribution >= 4 is 45.9 Å². The summed E-state index contributed by atoms with van der Waals surface area (Å²) < 4.78 is 40.5. The highest BCUT2D eigenvalue weighted by Crippen LogP contribution is 2.36. The standard InChI is InChI=1S/C21H19ClF3N3O2S/c1-12(2)10-28-19(30)14-5-3-4-6-17(14)27-20(28)31-11-18(29)26-13-7-8-16(22)15(9-13)21(23,24)25/h3-9,12H,10-11H2,1-2H3,(H,26,29). The average molecular weight is 470 g/mol. The normalized spacial score (nSPS) is 11.8. The highest BCUT2D eigenvalue weighted by atomic mass is 35.5. The van der Waals surface area contributed by atoms with E-state index in [9.17, 15) is 22.8 Å². The van der Waals surface area contributed by atoms with E-state index in [1.165, 1.54) is 10.6 Å². The van der Waals surface area contributed by atoms with Crippen molar-refractivity contribution in [3.63, 3.8) is 0 Å². The van der Waals surface area contributed by atoms with Gasteiger partial charge in [-0.15, -0.1) is 0 Å². The molecule has 0 atom stereocenters. The molecule has 0 aliphatic carbocycles. The first-order valence-electron chi connectivity index (χ1n) is 9.35. The molecule has 1 amide bonds. The summed E-state index contributed by atoms with van der Waals surface area (Å²) in [7, 11) is 0. The summed E-state index contributed by atoms with van der Waals surface area (Å²) in [5.41, 5.74) is -0.729. The third kappa shape index (κ3) is 5.59. The molecular weight excluding hydrogens is 451 g/mol. The molecule has 0 fully saturated rings. The highest BCUT2D eigenvalue weighted by molar-refractivity contribution is 7.99. The zero-order valence-corrected chi connectivity index (χ0v) is 18.2. The number of fused-ring (bicyclic) bond motifs is 1. The van der Waals surface area contributed by atoms with Gasteiger partial charge in [0.1, 0.15) is 0 Å². The van der Waals surface area contributed by atoms with Crippen molar-refractivity contribution in [1.82, 2.24) is 9.55 Å². The van der Waals surface area contributed by atoms with E-state index < -0.39 is 22.7 Å². The molecule has 1 N–H and O–H groups in total. The Morgan fingerprint density at radius 1 is 1.23 bits per heavy atom. The second kappa shape index (κ2) is 9.32. The van der Waals surface area contributed by atoms with Crippen LogP contribution in [0.2, 0.25) is 5.02 Å². The highest BCUT2D eigenvalue weighted by Gasteiger charge is 2.33. The second-order valence-electron chi connectivity index (χ2n) is 7.25. The van der Waals surface area contributed by atoms with Gasteiger partial charge in [-0.2, -0.15) is 13.2 Å². The molecule has 0 unspecified atom stereocenters. The number of rotatable bonds is 6. The van der Waals surface area contributed by atoms with Gasteiger partial charge in [0.25, 0.3) is 5.56 Å². The first-order valence-corrected chi connectivity index (χ1v) is 10.7. The predicted molar refractivity (Wildman–Crippen MR) is 117 cm³/mol. The van der Waals surface area contributed by atoms with E-state index in [0.717, 1.165) is 23.9 Å². The minimum Gasteiger partial charge on any atom is -0.325 e. The maximum absolute atomic E-state index is 13.0. The molecule has 0 spiro atoms.